The highest BCUT2D eigenvalue weighted by atomic mass is 32.1. The summed E-state index contributed by atoms with van der Waals surface area (Å²) >= 11 is 1.02. The summed E-state index contributed by atoms with van der Waals surface area (Å²) in [6.45, 7) is 0. The third-order valence-corrected chi connectivity index (χ3v) is 4.03. The van der Waals surface area contributed by atoms with Gasteiger partial charge in [-0.05, 0) is 54.0 Å². The van der Waals surface area contributed by atoms with Crippen molar-refractivity contribution in [2.24, 2.45) is 0 Å². The first-order valence-corrected chi connectivity index (χ1v) is 7.77. The molecule has 0 saturated heterocycles. The summed E-state index contributed by atoms with van der Waals surface area (Å²) in [7, 11) is 1.59. The molecule has 0 spiro atoms. The molecule has 1 amide bonds. The number of nitrogens with zero attached hydrogens (tertiary/aromatic N) is 3. The van der Waals surface area contributed by atoms with E-state index in [0.717, 1.165) is 22.8 Å². The number of rotatable bonds is 4. The second-order valence-electron chi connectivity index (χ2n) is 4.83. The van der Waals surface area contributed by atoms with E-state index in [-0.39, 0.29) is 5.91 Å². The largest absolute Gasteiger partial charge is 0.497 e. The number of aromatic nitrogens is 2. The average molecular weight is 336 g/mol. The molecule has 6 nitrogen and oxygen atoms in total. The molecule has 0 aliphatic heterocycles. The van der Waals surface area contributed by atoms with Crippen LogP contribution in [0.25, 0.3) is 11.3 Å². The molecule has 0 unspecified atom stereocenters. The van der Waals surface area contributed by atoms with Crippen LogP contribution in [0.1, 0.15) is 15.2 Å². The Bertz CT molecular complexity index is 913. The molecule has 0 atom stereocenters. The van der Waals surface area contributed by atoms with Gasteiger partial charge < -0.3 is 10.1 Å². The van der Waals surface area contributed by atoms with E-state index in [4.69, 9.17) is 10.00 Å². The van der Waals surface area contributed by atoms with Gasteiger partial charge in [-0.1, -0.05) is 10.6 Å². The SMILES string of the molecule is COc1ccc(-c2nnsc2C(=O)Nc2cccc(C#N)c2)cc1. The van der Waals surface area contributed by atoms with Crippen LogP contribution in [0, 0.1) is 11.3 Å². The van der Waals surface area contributed by atoms with Gasteiger partial charge in [0.2, 0.25) is 0 Å². The van der Waals surface area contributed by atoms with Crippen LogP contribution in [0.2, 0.25) is 0 Å². The summed E-state index contributed by atoms with van der Waals surface area (Å²) in [5.41, 5.74) is 2.32. The third-order valence-electron chi connectivity index (χ3n) is 3.31. The maximum atomic E-state index is 12.5. The number of anilines is 1. The van der Waals surface area contributed by atoms with Crippen LogP contribution in [-0.4, -0.2) is 22.6 Å². The molecule has 0 bridgehead atoms. The van der Waals surface area contributed by atoms with E-state index in [2.05, 4.69) is 14.9 Å². The number of nitriles is 1. The molecule has 0 aliphatic rings. The minimum Gasteiger partial charge on any atom is -0.497 e. The maximum Gasteiger partial charge on any atom is 0.269 e. The van der Waals surface area contributed by atoms with Crippen molar-refractivity contribution in [2.75, 3.05) is 12.4 Å². The number of carbonyl (C=O) groups is 1. The van der Waals surface area contributed by atoms with E-state index in [1.165, 1.54) is 0 Å². The number of methoxy groups -OCH3 is 1. The van der Waals surface area contributed by atoms with Crippen molar-refractivity contribution < 1.29 is 9.53 Å². The van der Waals surface area contributed by atoms with Crippen molar-refractivity contribution in [3.63, 3.8) is 0 Å². The summed E-state index contributed by atoms with van der Waals surface area (Å²) in [4.78, 5) is 12.9. The number of ether oxygens (including phenoxy) is 1. The molecule has 7 heteroatoms. The van der Waals surface area contributed by atoms with E-state index in [9.17, 15) is 4.79 Å². The van der Waals surface area contributed by atoms with E-state index >= 15 is 0 Å². The molecular weight excluding hydrogens is 324 g/mol. The van der Waals surface area contributed by atoms with Crippen LogP contribution in [0.3, 0.4) is 0 Å². The Morgan fingerprint density at radius 1 is 1.25 bits per heavy atom. The number of nitrogens with one attached hydrogen (secondary N) is 1. The number of carbonyl (C=O) groups excluding carboxylic acids is 1. The molecule has 1 N–H and O–H groups in total. The van der Waals surface area contributed by atoms with Crippen molar-refractivity contribution in [3.05, 3.63) is 59.0 Å². The van der Waals surface area contributed by atoms with Crippen molar-refractivity contribution in [3.8, 4) is 23.1 Å². The first-order valence-electron chi connectivity index (χ1n) is 6.99. The molecule has 2 aromatic carbocycles. The van der Waals surface area contributed by atoms with Gasteiger partial charge in [0, 0.05) is 11.3 Å². The van der Waals surface area contributed by atoms with Crippen molar-refractivity contribution >= 4 is 23.1 Å². The van der Waals surface area contributed by atoms with Gasteiger partial charge in [-0.15, -0.1) is 5.10 Å². The summed E-state index contributed by atoms with van der Waals surface area (Å²) in [6.07, 6.45) is 0. The molecule has 1 heterocycles. The summed E-state index contributed by atoms with van der Waals surface area (Å²) < 4.78 is 9.01. The number of hydrogen-bond donors (Lipinski definition) is 1. The topological polar surface area (TPSA) is 87.9 Å². The Morgan fingerprint density at radius 2 is 2.04 bits per heavy atom. The van der Waals surface area contributed by atoms with Gasteiger partial charge in [0.05, 0.1) is 18.7 Å². The fourth-order valence-corrected chi connectivity index (χ4v) is 2.71. The van der Waals surface area contributed by atoms with Crippen LogP contribution in [0.4, 0.5) is 5.69 Å². The highest BCUT2D eigenvalue weighted by Gasteiger charge is 2.18. The normalized spacial score (nSPS) is 10.0. The zero-order valence-corrected chi connectivity index (χ0v) is 13.5. The third kappa shape index (κ3) is 3.24. The fraction of sp³-hybridized carbons (Fsp3) is 0.0588. The fourth-order valence-electron chi connectivity index (χ4n) is 2.13. The monoisotopic (exact) mass is 336 g/mol. The molecule has 0 saturated carbocycles. The minimum atomic E-state index is -0.314. The number of hydrogen-bond acceptors (Lipinski definition) is 6. The van der Waals surface area contributed by atoms with Gasteiger partial charge in [0.25, 0.3) is 5.91 Å². The summed E-state index contributed by atoms with van der Waals surface area (Å²) in [6, 6.07) is 16.0. The van der Waals surface area contributed by atoms with Crippen molar-refractivity contribution in [1.29, 1.82) is 5.26 Å². The van der Waals surface area contributed by atoms with Crippen LogP contribution < -0.4 is 10.1 Å². The van der Waals surface area contributed by atoms with Crippen LogP contribution in [0.5, 0.6) is 5.75 Å². The average Bonchev–Trinajstić information content (AvgIpc) is 3.12. The van der Waals surface area contributed by atoms with Crippen molar-refractivity contribution in [1.82, 2.24) is 9.59 Å². The lowest BCUT2D eigenvalue weighted by atomic mass is 10.1. The predicted octanol–water partition coefficient (Wildman–Crippen LogP) is 3.34. The zero-order valence-electron chi connectivity index (χ0n) is 12.7. The van der Waals surface area contributed by atoms with Gasteiger partial charge in [-0.3, -0.25) is 4.79 Å². The highest BCUT2D eigenvalue weighted by Crippen LogP contribution is 2.26. The van der Waals surface area contributed by atoms with E-state index in [1.54, 1.807) is 43.5 Å². The molecule has 0 radical (unpaired) electrons. The van der Waals surface area contributed by atoms with E-state index in [0.29, 0.717) is 21.8 Å². The second kappa shape index (κ2) is 6.89. The Kier molecular flexibility index (Phi) is 4.50. The Morgan fingerprint density at radius 3 is 2.75 bits per heavy atom. The molecule has 0 fully saturated rings. The van der Waals surface area contributed by atoms with Gasteiger partial charge in [0.15, 0.2) is 0 Å². The van der Waals surface area contributed by atoms with E-state index < -0.39 is 0 Å². The number of benzene rings is 2. The smallest absolute Gasteiger partial charge is 0.269 e. The molecule has 24 heavy (non-hydrogen) atoms. The first kappa shape index (κ1) is 15.6. The molecule has 0 aliphatic carbocycles. The standard InChI is InChI=1S/C17H12N4O2S/c1-23-14-7-5-12(6-8-14)15-16(24-21-20-15)17(22)19-13-4-2-3-11(9-13)10-18/h2-9H,1H3,(H,19,22). The highest BCUT2D eigenvalue weighted by molar-refractivity contribution is 7.08. The van der Waals surface area contributed by atoms with Gasteiger partial charge >= 0.3 is 0 Å². The van der Waals surface area contributed by atoms with Gasteiger partial charge in [-0.25, -0.2) is 0 Å². The lowest BCUT2D eigenvalue weighted by Gasteiger charge is -2.05. The van der Waals surface area contributed by atoms with Crippen LogP contribution in [-0.2, 0) is 0 Å². The Hall–Kier alpha value is -3.24. The van der Waals surface area contributed by atoms with E-state index in [1.807, 2.05) is 18.2 Å². The Labute approximate surface area is 142 Å². The second-order valence-corrected chi connectivity index (χ2v) is 5.58. The molecule has 1 aromatic heterocycles. The molecule has 118 valence electrons. The zero-order chi connectivity index (χ0) is 16.9. The van der Waals surface area contributed by atoms with Crippen molar-refractivity contribution in [2.45, 2.75) is 0 Å². The Balaban J connectivity index is 1.86. The van der Waals surface area contributed by atoms with Gasteiger partial charge in [0.1, 0.15) is 16.3 Å². The quantitative estimate of drug-likeness (QED) is 0.789. The molecular formula is C17H12N4O2S. The summed E-state index contributed by atoms with van der Waals surface area (Å²) in [5.74, 6) is 0.409. The molecule has 3 aromatic rings. The van der Waals surface area contributed by atoms with Crippen LogP contribution in [0.15, 0.2) is 48.5 Å². The first-order chi connectivity index (χ1) is 11.7. The predicted molar refractivity (Wildman–Crippen MR) is 91.0 cm³/mol. The minimum absolute atomic E-state index is 0.314. The maximum absolute atomic E-state index is 12.5. The lowest BCUT2D eigenvalue weighted by molar-refractivity contribution is 0.103. The summed E-state index contributed by atoms with van der Waals surface area (Å²) in [5, 5.41) is 15.7. The molecule has 3 rings (SSSR count). The van der Waals surface area contributed by atoms with Gasteiger partial charge in [-0.2, -0.15) is 5.26 Å². The lowest BCUT2D eigenvalue weighted by Crippen LogP contribution is -2.11. The number of amides is 1. The van der Waals surface area contributed by atoms with Crippen LogP contribution >= 0.6 is 11.5 Å².